The van der Waals surface area contributed by atoms with Crippen LogP contribution in [0.2, 0.25) is 0 Å². The molecule has 70 valence electrons. The molecule has 0 fully saturated rings. The van der Waals surface area contributed by atoms with Crippen LogP contribution in [0.25, 0.3) is 0 Å². The summed E-state index contributed by atoms with van der Waals surface area (Å²) in [5.41, 5.74) is 0. The Morgan fingerprint density at radius 3 is 1.92 bits per heavy atom. The smallest absolute Gasteiger partial charge is 0.141 e. The van der Waals surface area contributed by atoms with Gasteiger partial charge in [-0.25, -0.2) is 4.39 Å². The molecule has 1 rings (SSSR count). The first-order valence-electron chi connectivity index (χ1n) is 2.57. The SMILES string of the molecule is Cl[Se](Cl)(Cl)Cl.Fc1cccnc1. The van der Waals surface area contributed by atoms with E-state index in [2.05, 4.69) is 4.98 Å². The maximum Gasteiger partial charge on any atom is 0.141 e. The molecule has 0 spiro atoms. The van der Waals surface area contributed by atoms with Crippen LogP contribution >= 0.6 is 40.4 Å². The van der Waals surface area contributed by atoms with E-state index in [1.54, 1.807) is 6.07 Å². The number of nitrogens with zero attached hydrogens (tertiary/aromatic N) is 1. The fraction of sp³-hybridized carbons (Fsp3) is 0. The summed E-state index contributed by atoms with van der Waals surface area (Å²) in [4.78, 5) is 3.51. The summed E-state index contributed by atoms with van der Waals surface area (Å²) in [6, 6.07) is 2.91. The molecule has 0 N–H and O–H groups in total. The van der Waals surface area contributed by atoms with Crippen LogP contribution < -0.4 is 0 Å². The van der Waals surface area contributed by atoms with Crippen LogP contribution in [0.15, 0.2) is 24.5 Å². The van der Waals surface area contributed by atoms with Crippen molar-refractivity contribution in [1.82, 2.24) is 4.98 Å². The van der Waals surface area contributed by atoms with E-state index in [0.29, 0.717) is 0 Å². The molecule has 1 aromatic rings. The summed E-state index contributed by atoms with van der Waals surface area (Å²) in [6.07, 6.45) is 2.70. The molecule has 0 amide bonds. The molecule has 1 heterocycles. The van der Waals surface area contributed by atoms with Gasteiger partial charge in [-0.05, 0) is 12.1 Å². The largest absolute Gasteiger partial charge is 0.262 e. The van der Waals surface area contributed by atoms with Gasteiger partial charge in [0, 0.05) is 6.20 Å². The molecule has 0 aliphatic heterocycles. The molecule has 0 radical (unpaired) electrons. The van der Waals surface area contributed by atoms with Gasteiger partial charge >= 0.3 is 49.6 Å². The van der Waals surface area contributed by atoms with Crippen molar-refractivity contribution in [2.75, 3.05) is 0 Å². The molecule has 0 bridgehead atoms. The fourth-order valence-electron chi connectivity index (χ4n) is 0.342. The van der Waals surface area contributed by atoms with Gasteiger partial charge < -0.3 is 0 Å². The van der Waals surface area contributed by atoms with Gasteiger partial charge in [-0.15, -0.1) is 0 Å². The molecule has 12 heavy (non-hydrogen) atoms. The molecule has 0 aliphatic rings. The van der Waals surface area contributed by atoms with Gasteiger partial charge in [-0.3, -0.25) is 4.98 Å². The average molecular weight is 318 g/mol. The van der Waals surface area contributed by atoms with Crippen molar-refractivity contribution >= 4 is 49.6 Å². The maximum atomic E-state index is 11.8. The van der Waals surface area contributed by atoms with Crippen LogP contribution in [0, 0.1) is 5.82 Å². The Balaban J connectivity index is 0.000000217. The van der Waals surface area contributed by atoms with Gasteiger partial charge in [0.25, 0.3) is 0 Å². The Bertz CT molecular complexity index is 208. The third-order valence-electron chi connectivity index (χ3n) is 0.625. The summed E-state index contributed by atoms with van der Waals surface area (Å²) in [5, 5.41) is 0. The van der Waals surface area contributed by atoms with Crippen molar-refractivity contribution in [3.05, 3.63) is 30.3 Å². The Kier molecular flexibility index (Phi) is 6.64. The predicted molar refractivity (Wildman–Crippen MR) is 53.4 cm³/mol. The van der Waals surface area contributed by atoms with E-state index >= 15 is 0 Å². The maximum absolute atomic E-state index is 11.8. The Morgan fingerprint density at radius 1 is 1.25 bits per heavy atom. The Hall–Kier alpha value is 0.759. The molecular weight excluding hydrogens is 314 g/mol. The standard InChI is InChI=1S/C5H4FN.Cl4Se/c6-5-2-1-3-7-4-5;1-5(2,3)4/h1-4H;. The summed E-state index contributed by atoms with van der Waals surface area (Å²) in [5.74, 6) is -0.289. The van der Waals surface area contributed by atoms with Crippen molar-refractivity contribution in [2.45, 2.75) is 0 Å². The van der Waals surface area contributed by atoms with E-state index in [1.807, 2.05) is 0 Å². The molecule has 1 aromatic heterocycles. The monoisotopic (exact) mass is 317 g/mol. The number of rotatable bonds is 0. The molecule has 7 heteroatoms. The number of hydrogen-bond donors (Lipinski definition) is 0. The molecule has 0 saturated heterocycles. The zero-order valence-electron chi connectivity index (χ0n) is 5.55. The first-order valence-corrected chi connectivity index (χ1v) is 11.6. The number of aromatic nitrogens is 1. The van der Waals surface area contributed by atoms with Crippen molar-refractivity contribution in [2.24, 2.45) is 0 Å². The van der Waals surface area contributed by atoms with Gasteiger partial charge in [0.15, 0.2) is 0 Å². The quantitative estimate of drug-likeness (QED) is 0.666. The van der Waals surface area contributed by atoms with Crippen LogP contribution in [-0.4, -0.2) is 14.2 Å². The van der Waals surface area contributed by atoms with Gasteiger partial charge in [-0.2, -0.15) is 0 Å². The minimum absolute atomic E-state index is 0.289. The number of pyridine rings is 1. The summed E-state index contributed by atoms with van der Waals surface area (Å²) < 4.78 is 11.8. The van der Waals surface area contributed by atoms with Crippen molar-refractivity contribution in [3.63, 3.8) is 0 Å². The Labute approximate surface area is 88.9 Å². The van der Waals surface area contributed by atoms with Crippen molar-refractivity contribution in [1.29, 1.82) is 0 Å². The van der Waals surface area contributed by atoms with Crippen molar-refractivity contribution in [3.8, 4) is 0 Å². The van der Waals surface area contributed by atoms with Crippen LogP contribution in [0.5, 0.6) is 0 Å². The zero-order chi connectivity index (χ0) is 9.61. The summed E-state index contributed by atoms with van der Waals surface area (Å²) in [7, 11) is 17.1. The summed E-state index contributed by atoms with van der Waals surface area (Å²) >= 11 is 0. The third kappa shape index (κ3) is 13.4. The van der Waals surface area contributed by atoms with E-state index in [-0.39, 0.29) is 5.82 Å². The van der Waals surface area contributed by atoms with Crippen LogP contribution in [0.3, 0.4) is 0 Å². The fourth-order valence-corrected chi connectivity index (χ4v) is 0.342. The van der Waals surface area contributed by atoms with Gasteiger partial charge in [-0.1, -0.05) is 0 Å². The topological polar surface area (TPSA) is 12.9 Å². The van der Waals surface area contributed by atoms with E-state index in [0.717, 1.165) is 0 Å². The van der Waals surface area contributed by atoms with E-state index < -0.39 is 9.20 Å². The van der Waals surface area contributed by atoms with Crippen LogP contribution in [-0.2, 0) is 0 Å². The first kappa shape index (κ1) is 12.8. The van der Waals surface area contributed by atoms with Gasteiger partial charge in [0.2, 0.25) is 0 Å². The van der Waals surface area contributed by atoms with Gasteiger partial charge in [0.05, 0.1) is 6.20 Å². The molecule has 0 saturated carbocycles. The number of halogens is 5. The van der Waals surface area contributed by atoms with Crippen LogP contribution in [0.4, 0.5) is 4.39 Å². The molecule has 1 nitrogen and oxygen atoms in total. The predicted octanol–water partition coefficient (Wildman–Crippen LogP) is 3.60. The van der Waals surface area contributed by atoms with Gasteiger partial charge in [0.1, 0.15) is 5.82 Å². The van der Waals surface area contributed by atoms with E-state index in [4.69, 9.17) is 40.4 Å². The van der Waals surface area contributed by atoms with E-state index in [9.17, 15) is 4.39 Å². The third-order valence-corrected chi connectivity index (χ3v) is 0.625. The second-order valence-corrected chi connectivity index (χ2v) is 17.5. The van der Waals surface area contributed by atoms with Crippen LogP contribution in [0.1, 0.15) is 0 Å². The molecular formula is C5H4Cl4FNSe. The molecule has 0 atom stereocenters. The molecule has 0 aliphatic carbocycles. The summed E-state index contributed by atoms with van der Waals surface area (Å²) in [6.45, 7) is 0. The minimum Gasteiger partial charge on any atom is -0.262 e. The molecule has 0 unspecified atom stereocenters. The first-order chi connectivity index (χ1) is 5.39. The second kappa shape index (κ2) is 6.25. The van der Waals surface area contributed by atoms with Crippen molar-refractivity contribution < 1.29 is 4.39 Å². The molecule has 0 aromatic carbocycles. The number of hydrogen-bond acceptors (Lipinski definition) is 1. The Morgan fingerprint density at radius 2 is 1.75 bits per heavy atom. The zero-order valence-corrected chi connectivity index (χ0v) is 10.3. The second-order valence-electron chi connectivity index (χ2n) is 1.52. The average Bonchev–Trinajstić information content (AvgIpc) is 1.85. The minimum atomic E-state index is -2.86. The normalized spacial score (nSPS) is 11.4. The van der Waals surface area contributed by atoms with E-state index in [1.165, 1.54) is 18.5 Å².